The Labute approximate surface area is 248 Å². The van der Waals surface area contributed by atoms with Crippen molar-refractivity contribution in [3.05, 3.63) is 126 Å². The van der Waals surface area contributed by atoms with E-state index in [2.05, 4.69) is 24.3 Å². The Hall–Kier alpha value is -4.06. The highest BCUT2D eigenvalue weighted by Gasteiger charge is 2.41. The van der Waals surface area contributed by atoms with Crippen molar-refractivity contribution >= 4 is 40.5 Å². The Kier molecular flexibility index (Phi) is 8.20. The number of rotatable bonds is 7. The lowest BCUT2D eigenvalue weighted by Gasteiger charge is -2.40. The standard InChI is InChI=1S/C32H29ClN4O3S/c1-19-13-22(18-41-17-21-7-4-3-5-8-21)20(2)24(14-19)30-25(16-34)32(35)36(27-9-6-10-29(38)31(27)30)28-15-23(37(39)40)11-12-26(28)33/h3-5,7-8,11-15,30H,6,9-10,17-18,35H2,1-2H3. The number of benzene rings is 3. The minimum Gasteiger partial charge on any atom is -0.384 e. The fourth-order valence-electron chi connectivity index (χ4n) is 5.73. The zero-order valence-corrected chi connectivity index (χ0v) is 24.4. The van der Waals surface area contributed by atoms with Crippen molar-refractivity contribution < 1.29 is 9.72 Å². The van der Waals surface area contributed by atoms with Crippen LogP contribution in [0.5, 0.6) is 0 Å². The van der Waals surface area contributed by atoms with E-state index >= 15 is 0 Å². The smallest absolute Gasteiger partial charge is 0.271 e. The molecule has 1 aliphatic heterocycles. The fourth-order valence-corrected chi connectivity index (χ4v) is 6.98. The van der Waals surface area contributed by atoms with Gasteiger partial charge in [-0.05, 0) is 55.0 Å². The van der Waals surface area contributed by atoms with Gasteiger partial charge in [-0.2, -0.15) is 17.0 Å². The molecule has 0 saturated carbocycles. The van der Waals surface area contributed by atoms with Gasteiger partial charge in [0.1, 0.15) is 5.82 Å². The van der Waals surface area contributed by atoms with Gasteiger partial charge in [-0.25, -0.2) is 0 Å². The van der Waals surface area contributed by atoms with Gasteiger partial charge in [-0.3, -0.25) is 19.8 Å². The molecule has 1 atom stereocenters. The molecule has 1 heterocycles. The number of anilines is 1. The zero-order chi connectivity index (χ0) is 29.3. The van der Waals surface area contributed by atoms with Crippen LogP contribution in [0.15, 0.2) is 83.3 Å². The molecule has 1 unspecified atom stereocenters. The molecule has 3 aromatic carbocycles. The first-order valence-corrected chi connectivity index (χ1v) is 14.9. The molecule has 0 amide bonds. The molecule has 5 rings (SSSR count). The Morgan fingerprint density at radius 1 is 1.12 bits per heavy atom. The summed E-state index contributed by atoms with van der Waals surface area (Å²) in [5.74, 6) is 1.10. The fraction of sp³-hybridized carbons (Fsp3) is 0.250. The van der Waals surface area contributed by atoms with Crippen LogP contribution >= 0.6 is 23.4 Å². The normalized spacial score (nSPS) is 17.0. The summed E-state index contributed by atoms with van der Waals surface area (Å²) in [7, 11) is 0. The number of carbonyl (C=O) groups excluding carboxylic acids is 1. The molecular formula is C32H29ClN4O3S. The van der Waals surface area contributed by atoms with Gasteiger partial charge in [0.15, 0.2) is 5.78 Å². The summed E-state index contributed by atoms with van der Waals surface area (Å²) in [5, 5.41) is 22.2. The molecule has 3 aromatic rings. The second kappa shape index (κ2) is 11.8. The first-order chi connectivity index (χ1) is 19.7. The van der Waals surface area contributed by atoms with Crippen LogP contribution in [0.4, 0.5) is 11.4 Å². The van der Waals surface area contributed by atoms with Crippen LogP contribution < -0.4 is 10.6 Å². The summed E-state index contributed by atoms with van der Waals surface area (Å²) in [4.78, 5) is 26.3. The summed E-state index contributed by atoms with van der Waals surface area (Å²) in [6.45, 7) is 4.05. The van der Waals surface area contributed by atoms with E-state index in [4.69, 9.17) is 17.3 Å². The van der Waals surface area contributed by atoms with Crippen LogP contribution in [0.25, 0.3) is 0 Å². The van der Waals surface area contributed by atoms with Crippen molar-refractivity contribution in [2.75, 3.05) is 4.90 Å². The second-order valence-corrected chi connectivity index (χ2v) is 11.7. The average molecular weight is 585 g/mol. The molecule has 208 valence electrons. The maximum atomic E-state index is 13.6. The van der Waals surface area contributed by atoms with Crippen LogP contribution in [0.3, 0.4) is 0 Å². The molecule has 0 radical (unpaired) electrons. The van der Waals surface area contributed by atoms with Crippen LogP contribution in [0.1, 0.15) is 53.0 Å². The lowest BCUT2D eigenvalue weighted by atomic mass is 9.73. The van der Waals surface area contributed by atoms with Gasteiger partial charge in [-0.15, -0.1) is 0 Å². The van der Waals surface area contributed by atoms with Crippen LogP contribution in [-0.2, 0) is 16.3 Å². The molecule has 0 spiro atoms. The molecule has 41 heavy (non-hydrogen) atoms. The number of thioether (sulfide) groups is 1. The average Bonchev–Trinajstić information content (AvgIpc) is 2.95. The topological polar surface area (TPSA) is 113 Å². The number of aryl methyl sites for hydroxylation is 1. The van der Waals surface area contributed by atoms with Gasteiger partial charge in [0.05, 0.1) is 33.2 Å². The first-order valence-electron chi connectivity index (χ1n) is 13.3. The number of nitriles is 1. The van der Waals surface area contributed by atoms with E-state index in [1.807, 2.05) is 49.9 Å². The van der Waals surface area contributed by atoms with Crippen LogP contribution in [0, 0.1) is 35.3 Å². The third kappa shape index (κ3) is 5.48. The molecule has 0 aromatic heterocycles. The molecule has 2 N–H and O–H groups in total. The van der Waals surface area contributed by atoms with Crippen LogP contribution in [0.2, 0.25) is 5.02 Å². The second-order valence-electron chi connectivity index (χ2n) is 10.3. The Morgan fingerprint density at radius 3 is 2.59 bits per heavy atom. The van der Waals surface area contributed by atoms with E-state index in [-0.39, 0.29) is 33.6 Å². The van der Waals surface area contributed by atoms with E-state index in [1.165, 1.54) is 23.8 Å². The van der Waals surface area contributed by atoms with Gasteiger partial charge in [-0.1, -0.05) is 59.6 Å². The van der Waals surface area contributed by atoms with Gasteiger partial charge < -0.3 is 5.73 Å². The highest BCUT2D eigenvalue weighted by Crippen LogP contribution is 2.49. The summed E-state index contributed by atoms with van der Waals surface area (Å²) < 4.78 is 0. The minimum atomic E-state index is -0.630. The molecule has 0 saturated heterocycles. The van der Waals surface area contributed by atoms with Crippen molar-refractivity contribution in [1.29, 1.82) is 5.26 Å². The molecule has 7 nitrogen and oxygen atoms in total. The number of allylic oxidation sites excluding steroid dienone is 3. The van der Waals surface area contributed by atoms with Crippen molar-refractivity contribution in [2.24, 2.45) is 5.73 Å². The van der Waals surface area contributed by atoms with E-state index in [9.17, 15) is 20.2 Å². The zero-order valence-electron chi connectivity index (χ0n) is 22.8. The predicted octanol–water partition coefficient (Wildman–Crippen LogP) is 7.60. The van der Waals surface area contributed by atoms with Crippen molar-refractivity contribution in [1.82, 2.24) is 0 Å². The number of carbonyl (C=O) groups is 1. The van der Waals surface area contributed by atoms with Gasteiger partial charge in [0, 0.05) is 41.3 Å². The SMILES string of the molecule is Cc1cc(CSCc2ccccc2)c(C)c(C2C(C#N)=C(N)N(c3cc([N+](=O)[O-])ccc3Cl)C3=C2C(=O)CCC3)c1. The highest BCUT2D eigenvalue weighted by atomic mass is 35.5. The maximum absolute atomic E-state index is 13.6. The number of Topliss-reactive ketones (excluding diaryl/α,β-unsaturated/α-hetero) is 1. The summed E-state index contributed by atoms with van der Waals surface area (Å²) in [6, 6.07) is 20.9. The van der Waals surface area contributed by atoms with Crippen molar-refractivity contribution in [2.45, 2.75) is 50.5 Å². The maximum Gasteiger partial charge on any atom is 0.271 e. The predicted molar refractivity (Wildman–Crippen MR) is 163 cm³/mol. The Balaban J connectivity index is 1.62. The third-order valence-corrected chi connectivity index (χ3v) is 9.05. The number of hydrogen-bond donors (Lipinski definition) is 1. The van der Waals surface area contributed by atoms with E-state index < -0.39 is 10.8 Å². The number of nitro groups is 1. The molecule has 2 aliphatic rings. The molecule has 0 fully saturated rings. The van der Waals surface area contributed by atoms with Crippen molar-refractivity contribution in [3.63, 3.8) is 0 Å². The number of nitrogens with two attached hydrogens (primary N) is 1. The quantitative estimate of drug-likeness (QED) is 0.224. The lowest BCUT2D eigenvalue weighted by molar-refractivity contribution is -0.384. The Bertz CT molecular complexity index is 1660. The number of non-ortho nitro benzene ring substituents is 1. The van der Waals surface area contributed by atoms with Gasteiger partial charge >= 0.3 is 0 Å². The number of hydrogen-bond acceptors (Lipinski definition) is 7. The monoisotopic (exact) mass is 584 g/mol. The van der Waals surface area contributed by atoms with Crippen molar-refractivity contribution in [3.8, 4) is 6.07 Å². The van der Waals surface area contributed by atoms with Gasteiger partial charge in [0.2, 0.25) is 0 Å². The summed E-state index contributed by atoms with van der Waals surface area (Å²) >= 11 is 8.35. The molecular weight excluding hydrogens is 556 g/mol. The number of nitro benzene ring substituents is 1. The van der Waals surface area contributed by atoms with E-state index in [1.54, 1.807) is 4.90 Å². The summed E-state index contributed by atoms with van der Waals surface area (Å²) in [5.41, 5.74) is 13.6. The Morgan fingerprint density at radius 2 is 1.88 bits per heavy atom. The third-order valence-electron chi connectivity index (χ3n) is 7.67. The highest BCUT2D eigenvalue weighted by molar-refractivity contribution is 7.97. The van der Waals surface area contributed by atoms with E-state index in [0.717, 1.165) is 33.8 Å². The minimum absolute atomic E-state index is 0.0519. The van der Waals surface area contributed by atoms with E-state index in [0.29, 0.717) is 30.5 Å². The molecule has 0 bridgehead atoms. The number of ketones is 1. The largest absolute Gasteiger partial charge is 0.384 e. The molecule has 1 aliphatic carbocycles. The summed E-state index contributed by atoms with van der Waals surface area (Å²) in [6.07, 6.45) is 1.49. The first kappa shape index (κ1) is 28.5. The number of nitrogens with zero attached hydrogens (tertiary/aromatic N) is 3. The van der Waals surface area contributed by atoms with Gasteiger partial charge in [0.25, 0.3) is 5.69 Å². The van der Waals surface area contributed by atoms with Crippen LogP contribution in [-0.4, -0.2) is 10.7 Å². The molecule has 9 heteroatoms. The lowest BCUT2D eigenvalue weighted by Crippen LogP contribution is -2.39. The number of halogens is 1.